The maximum atomic E-state index is 12.4. The predicted molar refractivity (Wildman–Crippen MR) is 95.5 cm³/mol. The molecule has 0 spiro atoms. The van der Waals surface area contributed by atoms with Crippen LogP contribution in [0.5, 0.6) is 5.75 Å². The summed E-state index contributed by atoms with van der Waals surface area (Å²) in [6, 6.07) is 11.0. The number of esters is 1. The van der Waals surface area contributed by atoms with Crippen LogP contribution in [0.1, 0.15) is 15.9 Å². The third kappa shape index (κ3) is 4.34. The Morgan fingerprint density at radius 3 is 2.50 bits per heavy atom. The maximum absolute atomic E-state index is 12.4. The molecule has 7 nitrogen and oxygen atoms in total. The molecule has 0 aromatic heterocycles. The van der Waals surface area contributed by atoms with Crippen LogP contribution in [0.25, 0.3) is 0 Å². The molecule has 0 bridgehead atoms. The lowest BCUT2D eigenvalue weighted by Gasteiger charge is -2.15. The highest BCUT2D eigenvalue weighted by Crippen LogP contribution is 2.26. The number of nitrogens with zero attached hydrogens (tertiary/aromatic N) is 1. The fraction of sp³-hybridized carbons (Fsp3) is 0.235. The van der Waals surface area contributed by atoms with Gasteiger partial charge in [0.05, 0.1) is 24.8 Å². The minimum Gasteiger partial charge on any atom is -0.496 e. The second kappa shape index (κ2) is 8.50. The maximum Gasteiger partial charge on any atom is 0.338 e. The molecule has 0 fully saturated rings. The number of methoxy groups -OCH3 is 1. The number of hydrogen-bond acceptors (Lipinski definition) is 6. The third-order valence-electron chi connectivity index (χ3n) is 3.59. The monoisotopic (exact) mass is 399 g/mol. The summed E-state index contributed by atoms with van der Waals surface area (Å²) in [6.45, 7) is -0.0223. The topological polar surface area (TPSA) is 82.1 Å². The van der Waals surface area contributed by atoms with Crippen LogP contribution in [-0.2, 0) is 26.2 Å². The number of hydrogen-bond donors (Lipinski definition) is 0. The molecule has 0 aliphatic heterocycles. The van der Waals surface area contributed by atoms with Crippen molar-refractivity contribution in [1.29, 1.82) is 0 Å². The average Bonchev–Trinajstić information content (AvgIpc) is 2.65. The summed E-state index contributed by atoms with van der Waals surface area (Å²) < 4.78 is 35.8. The quantitative estimate of drug-likeness (QED) is 0.526. The Labute approximate surface area is 157 Å². The molecule has 0 heterocycles. The molecule has 2 aromatic carbocycles. The van der Waals surface area contributed by atoms with Crippen LogP contribution in [0.15, 0.2) is 47.4 Å². The molecular weight excluding hydrogens is 382 g/mol. The van der Waals surface area contributed by atoms with E-state index >= 15 is 0 Å². The molecule has 26 heavy (non-hydrogen) atoms. The summed E-state index contributed by atoms with van der Waals surface area (Å²) in [6.07, 6.45) is 0. The van der Waals surface area contributed by atoms with Crippen molar-refractivity contribution in [3.05, 3.63) is 58.6 Å². The Balaban J connectivity index is 2.24. The number of rotatable bonds is 7. The van der Waals surface area contributed by atoms with Gasteiger partial charge in [-0.25, -0.2) is 13.2 Å². The number of ether oxygens (including phenoxy) is 2. The average molecular weight is 400 g/mol. The van der Waals surface area contributed by atoms with E-state index < -0.39 is 16.0 Å². The lowest BCUT2D eigenvalue weighted by Crippen LogP contribution is -2.26. The van der Waals surface area contributed by atoms with Gasteiger partial charge in [-0.05, 0) is 24.3 Å². The van der Waals surface area contributed by atoms with Gasteiger partial charge in [-0.2, -0.15) is 0 Å². The summed E-state index contributed by atoms with van der Waals surface area (Å²) in [7, 11) is -0.0592. The van der Waals surface area contributed by atoms with Crippen LogP contribution in [-0.4, -0.2) is 40.1 Å². The van der Waals surface area contributed by atoms with E-state index in [4.69, 9.17) is 25.9 Å². The fourth-order valence-electron chi connectivity index (χ4n) is 2.11. The number of carbonyl (C=O) groups excluding carboxylic acids is 1. The highest BCUT2D eigenvalue weighted by atomic mass is 35.5. The van der Waals surface area contributed by atoms with E-state index in [2.05, 4.69) is 0 Å². The summed E-state index contributed by atoms with van der Waals surface area (Å²) >= 11 is 5.97. The van der Waals surface area contributed by atoms with Crippen LogP contribution in [0, 0.1) is 0 Å². The molecule has 0 saturated heterocycles. The molecule has 0 N–H and O–H groups in total. The van der Waals surface area contributed by atoms with Crippen LogP contribution < -0.4 is 4.74 Å². The first kappa shape index (κ1) is 20.2. The zero-order valence-electron chi connectivity index (χ0n) is 14.4. The van der Waals surface area contributed by atoms with E-state index in [-0.39, 0.29) is 22.1 Å². The van der Waals surface area contributed by atoms with Crippen molar-refractivity contribution in [2.45, 2.75) is 11.5 Å². The van der Waals surface area contributed by atoms with Gasteiger partial charge in [-0.15, -0.1) is 0 Å². The number of hydroxylamine groups is 1. The number of sulfonamides is 1. The first-order valence-electron chi connectivity index (χ1n) is 7.43. The Morgan fingerprint density at radius 1 is 1.15 bits per heavy atom. The van der Waals surface area contributed by atoms with Crippen molar-refractivity contribution in [2.75, 3.05) is 21.3 Å². The summed E-state index contributed by atoms with van der Waals surface area (Å²) in [4.78, 5) is 16.8. The van der Waals surface area contributed by atoms with E-state index in [1.54, 1.807) is 24.3 Å². The Hall–Kier alpha value is -2.13. The van der Waals surface area contributed by atoms with Crippen molar-refractivity contribution < 1.29 is 27.5 Å². The largest absolute Gasteiger partial charge is 0.496 e. The lowest BCUT2D eigenvalue weighted by molar-refractivity contribution is -0.0258. The standard InChI is InChI=1S/C17H18ClNO6S/c1-19(24-3)26(21,22)16-10-12(8-9-14(16)18)17(20)25-11-13-6-4-5-7-15(13)23-2/h4-10H,11H2,1-3H3. The van der Waals surface area contributed by atoms with E-state index in [0.717, 1.165) is 6.07 Å². The highest BCUT2D eigenvalue weighted by molar-refractivity contribution is 7.89. The van der Waals surface area contributed by atoms with E-state index in [0.29, 0.717) is 15.8 Å². The number of halogens is 1. The second-order valence-electron chi connectivity index (χ2n) is 5.13. The van der Waals surface area contributed by atoms with Gasteiger partial charge in [0.1, 0.15) is 17.3 Å². The molecule has 0 aliphatic rings. The smallest absolute Gasteiger partial charge is 0.338 e. The SMILES string of the molecule is COc1ccccc1COC(=O)c1ccc(Cl)c(S(=O)(=O)N(C)OC)c1. The van der Waals surface area contributed by atoms with Gasteiger partial charge in [0.25, 0.3) is 10.0 Å². The molecular formula is C17H18ClNO6S. The molecule has 0 radical (unpaired) electrons. The van der Waals surface area contributed by atoms with Crippen LogP contribution >= 0.6 is 11.6 Å². The van der Waals surface area contributed by atoms with Crippen molar-refractivity contribution in [3.63, 3.8) is 0 Å². The first-order valence-corrected chi connectivity index (χ1v) is 9.24. The Kier molecular flexibility index (Phi) is 6.60. The van der Waals surface area contributed by atoms with E-state index in [9.17, 15) is 13.2 Å². The number of benzene rings is 2. The fourth-order valence-corrected chi connectivity index (χ4v) is 3.59. The zero-order valence-corrected chi connectivity index (χ0v) is 16.0. The number of para-hydroxylation sites is 1. The molecule has 2 rings (SSSR count). The van der Waals surface area contributed by atoms with Crippen molar-refractivity contribution in [1.82, 2.24) is 4.47 Å². The molecule has 140 valence electrons. The van der Waals surface area contributed by atoms with Crippen LogP contribution in [0.3, 0.4) is 0 Å². The normalized spacial score (nSPS) is 11.4. The van der Waals surface area contributed by atoms with Gasteiger partial charge in [-0.3, -0.25) is 4.84 Å². The predicted octanol–water partition coefficient (Wildman–Crippen LogP) is 2.89. The van der Waals surface area contributed by atoms with E-state index in [1.165, 1.54) is 33.4 Å². The van der Waals surface area contributed by atoms with Gasteiger partial charge >= 0.3 is 5.97 Å². The Bertz CT molecular complexity index is 900. The zero-order chi connectivity index (χ0) is 19.3. The molecule has 0 amide bonds. The Morgan fingerprint density at radius 2 is 1.85 bits per heavy atom. The van der Waals surface area contributed by atoms with Gasteiger partial charge in [0, 0.05) is 12.6 Å². The highest BCUT2D eigenvalue weighted by Gasteiger charge is 2.25. The van der Waals surface area contributed by atoms with Crippen LogP contribution in [0.2, 0.25) is 5.02 Å². The molecule has 0 atom stereocenters. The van der Waals surface area contributed by atoms with Crippen LogP contribution in [0.4, 0.5) is 0 Å². The molecule has 2 aromatic rings. The van der Waals surface area contributed by atoms with Gasteiger partial charge in [0.15, 0.2) is 0 Å². The van der Waals surface area contributed by atoms with Crippen molar-refractivity contribution in [3.8, 4) is 5.75 Å². The lowest BCUT2D eigenvalue weighted by atomic mass is 10.2. The minimum absolute atomic E-state index is 0.0223. The third-order valence-corrected chi connectivity index (χ3v) is 5.75. The minimum atomic E-state index is -4.00. The summed E-state index contributed by atoms with van der Waals surface area (Å²) in [5.41, 5.74) is 0.733. The molecule has 0 unspecified atom stereocenters. The molecule has 0 aliphatic carbocycles. The van der Waals surface area contributed by atoms with E-state index in [1.807, 2.05) is 0 Å². The van der Waals surface area contributed by atoms with Gasteiger partial charge < -0.3 is 9.47 Å². The number of carbonyl (C=O) groups is 1. The second-order valence-corrected chi connectivity index (χ2v) is 7.44. The van der Waals surface area contributed by atoms with Crippen molar-refractivity contribution >= 4 is 27.6 Å². The van der Waals surface area contributed by atoms with Gasteiger partial charge in [-0.1, -0.05) is 34.3 Å². The molecule has 0 saturated carbocycles. The van der Waals surface area contributed by atoms with Crippen molar-refractivity contribution in [2.24, 2.45) is 0 Å². The summed E-state index contributed by atoms with van der Waals surface area (Å²) in [5, 5.41) is -0.0322. The first-order chi connectivity index (χ1) is 12.3. The van der Waals surface area contributed by atoms with Gasteiger partial charge in [0.2, 0.25) is 0 Å². The molecule has 9 heteroatoms. The summed E-state index contributed by atoms with van der Waals surface area (Å²) in [5.74, 6) is -0.106.